The second-order valence-corrected chi connectivity index (χ2v) is 7.60. The van der Waals surface area contributed by atoms with Gasteiger partial charge >= 0.3 is 0 Å². The third kappa shape index (κ3) is 2.74. The molecule has 1 aliphatic rings. The minimum atomic E-state index is -0.180. The van der Waals surface area contributed by atoms with Crippen molar-refractivity contribution in [3.05, 3.63) is 16.5 Å². The number of nitrogens with zero attached hydrogens (tertiary/aromatic N) is 3. The summed E-state index contributed by atoms with van der Waals surface area (Å²) in [6, 6.07) is 4.33. The van der Waals surface area contributed by atoms with E-state index < -0.39 is 0 Å². The van der Waals surface area contributed by atoms with Crippen LogP contribution in [0.15, 0.2) is 15.7 Å². The molecule has 0 N–H and O–H groups in total. The van der Waals surface area contributed by atoms with Gasteiger partial charge in [0.05, 0.1) is 16.2 Å². The highest BCUT2D eigenvalue weighted by Gasteiger charge is 2.21. The van der Waals surface area contributed by atoms with E-state index in [1.54, 1.807) is 11.3 Å². The summed E-state index contributed by atoms with van der Waals surface area (Å²) in [5.74, 6) is 1.33. The number of nitriles is 1. The zero-order valence-corrected chi connectivity index (χ0v) is 13.1. The van der Waals surface area contributed by atoms with E-state index in [9.17, 15) is 0 Å². The molecule has 0 aromatic carbocycles. The molecular formula is C14H15N3OS2. The first kappa shape index (κ1) is 13.7. The Labute approximate surface area is 126 Å². The van der Waals surface area contributed by atoms with Crippen LogP contribution in [0.3, 0.4) is 0 Å². The Morgan fingerprint density at radius 1 is 1.55 bits per heavy atom. The Morgan fingerprint density at radius 3 is 3.20 bits per heavy atom. The summed E-state index contributed by atoms with van der Waals surface area (Å²) in [5, 5.41) is 17.2. The Bertz CT molecular complexity index is 656. The highest BCUT2D eigenvalue weighted by molar-refractivity contribution is 7.99. The molecule has 0 radical (unpaired) electrons. The predicted octanol–water partition coefficient (Wildman–Crippen LogP) is 3.93. The number of aromatic nitrogens is 2. The van der Waals surface area contributed by atoms with Gasteiger partial charge in [0.1, 0.15) is 0 Å². The molecule has 0 amide bonds. The molecule has 2 aromatic rings. The van der Waals surface area contributed by atoms with E-state index in [0.717, 1.165) is 23.6 Å². The topological polar surface area (TPSA) is 62.7 Å². The average molecular weight is 305 g/mol. The monoisotopic (exact) mass is 305 g/mol. The lowest BCUT2D eigenvalue weighted by molar-refractivity contribution is 0.466. The van der Waals surface area contributed by atoms with Crippen LogP contribution in [0.2, 0.25) is 0 Å². The lowest BCUT2D eigenvalue weighted by Gasteiger charge is -2.16. The molecule has 4 nitrogen and oxygen atoms in total. The van der Waals surface area contributed by atoms with Gasteiger partial charge in [0.2, 0.25) is 0 Å². The van der Waals surface area contributed by atoms with Gasteiger partial charge in [-0.1, -0.05) is 6.92 Å². The van der Waals surface area contributed by atoms with Crippen molar-refractivity contribution in [2.24, 2.45) is 5.92 Å². The molecule has 20 heavy (non-hydrogen) atoms. The van der Waals surface area contributed by atoms with Crippen LogP contribution in [0.4, 0.5) is 0 Å². The molecule has 0 unspecified atom stereocenters. The van der Waals surface area contributed by atoms with Gasteiger partial charge in [0, 0.05) is 4.88 Å². The maximum absolute atomic E-state index is 8.80. The quantitative estimate of drug-likeness (QED) is 0.804. The Hall–Kier alpha value is -1.32. The first-order valence-corrected chi connectivity index (χ1v) is 8.37. The SMILES string of the molecule is C[C@@H]1CCc2sc(-c3nnc(S[C@@H](C)C#N)o3)cc2C1. The molecular weight excluding hydrogens is 290 g/mol. The van der Waals surface area contributed by atoms with E-state index in [1.807, 2.05) is 6.92 Å². The van der Waals surface area contributed by atoms with Crippen molar-refractivity contribution < 1.29 is 4.42 Å². The Morgan fingerprint density at radius 2 is 2.40 bits per heavy atom. The smallest absolute Gasteiger partial charge is 0.278 e. The fourth-order valence-corrected chi connectivity index (χ4v) is 4.05. The van der Waals surface area contributed by atoms with E-state index >= 15 is 0 Å². The lowest BCUT2D eigenvalue weighted by Crippen LogP contribution is -2.07. The highest BCUT2D eigenvalue weighted by Crippen LogP contribution is 2.37. The molecule has 0 saturated carbocycles. The molecule has 2 aromatic heterocycles. The second-order valence-electron chi connectivity index (χ2n) is 5.17. The largest absolute Gasteiger partial charge is 0.410 e. The predicted molar refractivity (Wildman–Crippen MR) is 79.7 cm³/mol. The van der Waals surface area contributed by atoms with Crippen molar-refractivity contribution >= 4 is 23.1 Å². The number of rotatable bonds is 3. The average Bonchev–Trinajstić information content (AvgIpc) is 3.04. The van der Waals surface area contributed by atoms with Crippen molar-refractivity contribution in [2.45, 2.75) is 43.6 Å². The molecule has 0 saturated heterocycles. The minimum Gasteiger partial charge on any atom is -0.410 e. The van der Waals surface area contributed by atoms with Gasteiger partial charge in [-0.05, 0) is 55.5 Å². The minimum absolute atomic E-state index is 0.180. The van der Waals surface area contributed by atoms with Crippen molar-refractivity contribution in [3.8, 4) is 16.8 Å². The van der Waals surface area contributed by atoms with E-state index in [1.165, 1.54) is 28.6 Å². The molecule has 0 spiro atoms. The standard InChI is InChI=1S/C14H15N3OS2/c1-8-3-4-11-10(5-8)6-12(20-11)13-16-17-14(18-13)19-9(2)7-15/h6,8-9H,3-5H2,1-2H3/t8-,9+/m1/s1. The molecule has 3 rings (SSSR count). The fraction of sp³-hybridized carbons (Fsp3) is 0.500. The van der Waals surface area contributed by atoms with Crippen LogP contribution >= 0.6 is 23.1 Å². The summed E-state index contributed by atoms with van der Waals surface area (Å²) >= 11 is 3.06. The lowest BCUT2D eigenvalue weighted by atomic mass is 9.90. The van der Waals surface area contributed by atoms with Crippen molar-refractivity contribution in [1.29, 1.82) is 5.26 Å². The van der Waals surface area contributed by atoms with Gasteiger partial charge in [-0.25, -0.2) is 0 Å². The first-order chi connectivity index (χ1) is 9.65. The fourth-order valence-electron chi connectivity index (χ4n) is 2.35. The Balaban J connectivity index is 1.82. The molecule has 2 atom stereocenters. The molecule has 2 heterocycles. The van der Waals surface area contributed by atoms with Crippen molar-refractivity contribution in [2.75, 3.05) is 0 Å². The van der Waals surface area contributed by atoms with Gasteiger partial charge in [-0.15, -0.1) is 21.5 Å². The number of hydrogen-bond acceptors (Lipinski definition) is 6. The van der Waals surface area contributed by atoms with Crippen LogP contribution < -0.4 is 0 Å². The zero-order valence-electron chi connectivity index (χ0n) is 11.4. The van der Waals surface area contributed by atoms with E-state index in [0.29, 0.717) is 11.1 Å². The molecule has 6 heteroatoms. The van der Waals surface area contributed by atoms with Gasteiger partial charge in [-0.3, -0.25) is 0 Å². The number of fused-ring (bicyclic) bond motifs is 1. The van der Waals surface area contributed by atoms with Crippen molar-refractivity contribution in [1.82, 2.24) is 10.2 Å². The highest BCUT2D eigenvalue weighted by atomic mass is 32.2. The molecule has 0 aliphatic heterocycles. The summed E-state index contributed by atoms with van der Waals surface area (Å²) in [7, 11) is 0. The van der Waals surface area contributed by atoms with Crippen LogP contribution in [0.1, 0.15) is 30.7 Å². The van der Waals surface area contributed by atoms with Gasteiger partial charge in [-0.2, -0.15) is 5.26 Å². The zero-order chi connectivity index (χ0) is 14.1. The van der Waals surface area contributed by atoms with E-state index in [2.05, 4.69) is 29.3 Å². The first-order valence-electron chi connectivity index (χ1n) is 6.67. The molecule has 0 bridgehead atoms. The van der Waals surface area contributed by atoms with Gasteiger partial charge in [0.25, 0.3) is 11.1 Å². The molecule has 0 fully saturated rings. The number of hydrogen-bond donors (Lipinski definition) is 0. The number of thiophene rings is 1. The summed E-state index contributed by atoms with van der Waals surface area (Å²) in [6.07, 6.45) is 3.56. The van der Waals surface area contributed by atoms with Gasteiger partial charge in [0.15, 0.2) is 0 Å². The van der Waals surface area contributed by atoms with Crippen LogP contribution in [0.5, 0.6) is 0 Å². The molecule has 1 aliphatic carbocycles. The van der Waals surface area contributed by atoms with Crippen LogP contribution in [0, 0.1) is 17.2 Å². The Kier molecular flexibility index (Phi) is 3.81. The summed E-state index contributed by atoms with van der Waals surface area (Å²) in [4.78, 5) is 2.50. The van der Waals surface area contributed by atoms with Gasteiger partial charge < -0.3 is 4.42 Å². The molecule has 104 valence electrons. The summed E-state index contributed by atoms with van der Waals surface area (Å²) in [5.41, 5.74) is 1.43. The number of thioether (sulfide) groups is 1. The summed E-state index contributed by atoms with van der Waals surface area (Å²) in [6.45, 7) is 4.12. The second kappa shape index (κ2) is 5.58. The summed E-state index contributed by atoms with van der Waals surface area (Å²) < 4.78 is 5.65. The third-order valence-electron chi connectivity index (χ3n) is 3.41. The van der Waals surface area contributed by atoms with Crippen LogP contribution in [-0.4, -0.2) is 15.4 Å². The van der Waals surface area contributed by atoms with E-state index in [-0.39, 0.29) is 5.25 Å². The van der Waals surface area contributed by atoms with E-state index in [4.69, 9.17) is 9.68 Å². The normalized spacial score (nSPS) is 19.4. The maximum Gasteiger partial charge on any atom is 0.278 e. The third-order valence-corrected chi connectivity index (χ3v) is 5.46. The van der Waals surface area contributed by atoms with Crippen molar-refractivity contribution in [3.63, 3.8) is 0 Å². The van der Waals surface area contributed by atoms with Crippen LogP contribution in [-0.2, 0) is 12.8 Å². The van der Waals surface area contributed by atoms with Crippen LogP contribution in [0.25, 0.3) is 10.8 Å². The number of aryl methyl sites for hydroxylation is 1. The maximum atomic E-state index is 8.80.